The minimum absolute atomic E-state index is 0.103. The molecular weight excluding hydrogens is 482 g/mol. The molecule has 0 fully saturated rings. The number of ether oxygens (including phenoxy) is 1. The van der Waals surface area contributed by atoms with Crippen LogP contribution in [0.15, 0.2) is 88.2 Å². The number of pyridine rings is 1. The Balaban J connectivity index is 1.52. The molecule has 182 valence electrons. The molecule has 0 aliphatic carbocycles. The quantitative estimate of drug-likeness (QED) is 0.195. The number of nitro benzene ring substituents is 1. The van der Waals surface area contributed by atoms with Crippen molar-refractivity contribution in [3.8, 4) is 17.1 Å². The second-order valence-corrected chi connectivity index (χ2v) is 8.27. The summed E-state index contributed by atoms with van der Waals surface area (Å²) in [5, 5.41) is 24.5. The molecule has 36 heavy (non-hydrogen) atoms. The predicted octanol–water partition coefficient (Wildman–Crippen LogP) is 3.95. The van der Waals surface area contributed by atoms with E-state index in [-0.39, 0.29) is 12.3 Å². The molecule has 1 N–H and O–H groups in total. The number of rotatable bonds is 10. The van der Waals surface area contributed by atoms with Crippen LogP contribution in [0.3, 0.4) is 0 Å². The SMILES string of the molecule is CCn1c(Sc2ccc([N+](=O)[O-])cc2/C=N\NC(=O)COc2ccccc2)nnc1-c1ccncc1. The first kappa shape index (κ1) is 24.5. The number of hydrogen-bond donors (Lipinski definition) is 1. The number of aromatic nitrogens is 4. The smallest absolute Gasteiger partial charge is 0.277 e. The largest absolute Gasteiger partial charge is 0.484 e. The maximum absolute atomic E-state index is 12.1. The van der Waals surface area contributed by atoms with Crippen molar-refractivity contribution >= 4 is 29.6 Å². The van der Waals surface area contributed by atoms with Gasteiger partial charge < -0.3 is 9.30 Å². The zero-order valence-corrected chi connectivity index (χ0v) is 20.0. The number of nitrogens with one attached hydrogen (secondary N) is 1. The van der Waals surface area contributed by atoms with Gasteiger partial charge in [0.25, 0.3) is 11.6 Å². The van der Waals surface area contributed by atoms with Gasteiger partial charge in [-0.3, -0.25) is 19.9 Å². The second kappa shape index (κ2) is 11.7. The van der Waals surface area contributed by atoms with Gasteiger partial charge in [0.1, 0.15) is 5.75 Å². The fourth-order valence-corrected chi connectivity index (χ4v) is 4.15. The number of hydrogen-bond acceptors (Lipinski definition) is 9. The second-order valence-electron chi connectivity index (χ2n) is 7.26. The summed E-state index contributed by atoms with van der Waals surface area (Å²) in [7, 11) is 0. The summed E-state index contributed by atoms with van der Waals surface area (Å²) in [5.74, 6) is 0.771. The number of carbonyl (C=O) groups is 1. The van der Waals surface area contributed by atoms with E-state index in [1.807, 2.05) is 29.7 Å². The normalized spacial score (nSPS) is 10.9. The van der Waals surface area contributed by atoms with Crippen molar-refractivity contribution < 1.29 is 14.5 Å². The molecule has 2 heterocycles. The molecule has 4 rings (SSSR count). The minimum Gasteiger partial charge on any atom is -0.484 e. The fraction of sp³-hybridized carbons (Fsp3) is 0.125. The van der Waals surface area contributed by atoms with E-state index >= 15 is 0 Å². The Morgan fingerprint density at radius 3 is 2.67 bits per heavy atom. The molecular formula is C24H21N7O4S. The van der Waals surface area contributed by atoms with Gasteiger partial charge in [0.2, 0.25) is 0 Å². The van der Waals surface area contributed by atoms with Crippen molar-refractivity contribution in [3.63, 3.8) is 0 Å². The van der Waals surface area contributed by atoms with E-state index < -0.39 is 10.8 Å². The molecule has 0 saturated heterocycles. The average molecular weight is 504 g/mol. The van der Waals surface area contributed by atoms with Crippen molar-refractivity contribution in [2.75, 3.05) is 6.61 Å². The summed E-state index contributed by atoms with van der Waals surface area (Å²) in [4.78, 5) is 27.6. The van der Waals surface area contributed by atoms with Gasteiger partial charge in [0.05, 0.1) is 11.1 Å². The molecule has 0 aliphatic rings. The van der Waals surface area contributed by atoms with Crippen LogP contribution in [0.2, 0.25) is 0 Å². The lowest BCUT2D eigenvalue weighted by molar-refractivity contribution is -0.384. The number of amides is 1. The number of nitro groups is 1. The summed E-state index contributed by atoms with van der Waals surface area (Å²) in [6.45, 7) is 2.36. The Kier molecular flexibility index (Phi) is 7.98. The number of hydrazone groups is 1. The highest BCUT2D eigenvalue weighted by Gasteiger charge is 2.17. The van der Waals surface area contributed by atoms with Crippen molar-refractivity contribution in [1.82, 2.24) is 25.2 Å². The van der Waals surface area contributed by atoms with Crippen molar-refractivity contribution in [3.05, 3.63) is 88.7 Å². The van der Waals surface area contributed by atoms with E-state index in [1.165, 1.54) is 30.1 Å². The topological polar surface area (TPSA) is 137 Å². The molecule has 0 atom stereocenters. The van der Waals surface area contributed by atoms with Crippen LogP contribution < -0.4 is 10.2 Å². The number of para-hydroxylation sites is 1. The van der Waals surface area contributed by atoms with Gasteiger partial charge in [0, 0.05) is 47.1 Å². The number of nitrogens with zero attached hydrogens (tertiary/aromatic N) is 6. The van der Waals surface area contributed by atoms with E-state index in [4.69, 9.17) is 4.74 Å². The summed E-state index contributed by atoms with van der Waals surface area (Å²) in [5.41, 5.74) is 3.59. The standard InChI is InChI=1S/C24H21N7O4S/c1-2-30-23(17-10-12-25-13-11-17)28-29-24(30)36-21-9-8-19(31(33)34)14-18(21)15-26-27-22(32)16-35-20-6-4-3-5-7-20/h3-15H,2,16H2,1H3,(H,27,32)/b26-15-. The maximum atomic E-state index is 12.1. The fourth-order valence-electron chi connectivity index (χ4n) is 3.18. The van der Waals surface area contributed by atoms with E-state index in [9.17, 15) is 14.9 Å². The van der Waals surface area contributed by atoms with Crippen LogP contribution in [0.4, 0.5) is 5.69 Å². The van der Waals surface area contributed by atoms with Gasteiger partial charge in [-0.1, -0.05) is 18.2 Å². The highest BCUT2D eigenvalue weighted by Crippen LogP contribution is 2.33. The Bertz CT molecular complexity index is 1380. The van der Waals surface area contributed by atoms with E-state index in [1.54, 1.807) is 42.7 Å². The highest BCUT2D eigenvalue weighted by atomic mass is 32.2. The van der Waals surface area contributed by atoms with Crippen molar-refractivity contribution in [2.45, 2.75) is 23.5 Å². The van der Waals surface area contributed by atoms with E-state index in [0.717, 1.165) is 5.56 Å². The molecule has 0 bridgehead atoms. The predicted molar refractivity (Wildman–Crippen MR) is 134 cm³/mol. The first-order chi connectivity index (χ1) is 17.5. The molecule has 12 heteroatoms. The van der Waals surface area contributed by atoms with Crippen LogP contribution in [0.1, 0.15) is 12.5 Å². The summed E-state index contributed by atoms with van der Waals surface area (Å²) >= 11 is 1.29. The van der Waals surface area contributed by atoms with Crippen LogP contribution in [-0.4, -0.2) is 43.4 Å². The van der Waals surface area contributed by atoms with E-state index in [2.05, 4.69) is 25.7 Å². The maximum Gasteiger partial charge on any atom is 0.277 e. The molecule has 2 aromatic heterocycles. The van der Waals surface area contributed by atoms with Gasteiger partial charge >= 0.3 is 0 Å². The number of carbonyl (C=O) groups excluding carboxylic acids is 1. The lowest BCUT2D eigenvalue weighted by Crippen LogP contribution is -2.24. The Hall–Kier alpha value is -4.58. The minimum atomic E-state index is -0.492. The average Bonchev–Trinajstić information content (AvgIpc) is 3.31. The van der Waals surface area contributed by atoms with Crippen LogP contribution in [0, 0.1) is 10.1 Å². The highest BCUT2D eigenvalue weighted by molar-refractivity contribution is 7.99. The van der Waals surface area contributed by atoms with Gasteiger partial charge in [-0.05, 0) is 49.0 Å². The first-order valence-electron chi connectivity index (χ1n) is 10.8. The van der Waals surface area contributed by atoms with Crippen LogP contribution >= 0.6 is 11.8 Å². The molecule has 0 aliphatic heterocycles. The lowest BCUT2D eigenvalue weighted by Gasteiger charge is -2.09. The molecule has 1 amide bonds. The third kappa shape index (κ3) is 6.10. The van der Waals surface area contributed by atoms with Gasteiger partial charge in [-0.25, -0.2) is 5.43 Å². The number of benzene rings is 2. The molecule has 0 spiro atoms. The Labute approximate surface area is 210 Å². The van der Waals surface area contributed by atoms with E-state index in [0.29, 0.717) is 33.7 Å². The Morgan fingerprint density at radius 1 is 1.17 bits per heavy atom. The Morgan fingerprint density at radius 2 is 1.94 bits per heavy atom. The zero-order valence-electron chi connectivity index (χ0n) is 19.1. The first-order valence-corrected chi connectivity index (χ1v) is 11.7. The third-order valence-electron chi connectivity index (χ3n) is 4.88. The van der Waals surface area contributed by atoms with Gasteiger partial charge in [-0.15, -0.1) is 10.2 Å². The molecule has 0 unspecified atom stereocenters. The van der Waals surface area contributed by atoms with Crippen molar-refractivity contribution in [2.24, 2.45) is 5.10 Å². The number of non-ortho nitro benzene ring substituents is 1. The third-order valence-corrected chi connectivity index (χ3v) is 5.96. The lowest BCUT2D eigenvalue weighted by atomic mass is 10.2. The summed E-state index contributed by atoms with van der Waals surface area (Å²) < 4.78 is 7.32. The summed E-state index contributed by atoms with van der Waals surface area (Å²) in [6.07, 6.45) is 4.72. The van der Waals surface area contributed by atoms with Crippen molar-refractivity contribution in [1.29, 1.82) is 0 Å². The van der Waals surface area contributed by atoms with Crippen LogP contribution in [0.25, 0.3) is 11.4 Å². The summed E-state index contributed by atoms with van der Waals surface area (Å²) in [6, 6.07) is 17.0. The van der Waals surface area contributed by atoms with Gasteiger partial charge in [0.15, 0.2) is 17.6 Å². The monoisotopic (exact) mass is 503 g/mol. The molecule has 2 aromatic carbocycles. The molecule has 11 nitrogen and oxygen atoms in total. The van der Waals surface area contributed by atoms with Crippen LogP contribution in [0.5, 0.6) is 5.75 Å². The molecule has 4 aromatic rings. The van der Waals surface area contributed by atoms with Gasteiger partial charge in [-0.2, -0.15) is 5.10 Å². The molecule has 0 saturated carbocycles. The zero-order chi connectivity index (χ0) is 25.3. The van der Waals surface area contributed by atoms with Crippen LogP contribution in [-0.2, 0) is 11.3 Å². The molecule has 0 radical (unpaired) electrons.